The van der Waals surface area contributed by atoms with Crippen molar-refractivity contribution in [3.05, 3.63) is 33.2 Å². The molecule has 35 heavy (non-hydrogen) atoms. The van der Waals surface area contributed by atoms with Gasteiger partial charge in [-0.2, -0.15) is 13.2 Å². The Labute approximate surface area is 202 Å². The van der Waals surface area contributed by atoms with Gasteiger partial charge in [-0.1, -0.05) is 18.5 Å². The van der Waals surface area contributed by atoms with Gasteiger partial charge in [-0.25, -0.2) is 18.4 Å². The number of sulfone groups is 1. The van der Waals surface area contributed by atoms with E-state index in [4.69, 9.17) is 11.6 Å². The lowest BCUT2D eigenvalue weighted by Gasteiger charge is -2.14. The molecule has 1 fully saturated rings. The summed E-state index contributed by atoms with van der Waals surface area (Å²) < 4.78 is 68.2. The number of rotatable bonds is 6. The summed E-state index contributed by atoms with van der Waals surface area (Å²) in [5.74, 6) is -1.12. The third-order valence-electron chi connectivity index (χ3n) is 5.80. The summed E-state index contributed by atoms with van der Waals surface area (Å²) in [7, 11) is -2.56. The fourth-order valence-corrected chi connectivity index (χ4v) is 5.06. The van der Waals surface area contributed by atoms with E-state index in [0.29, 0.717) is 17.4 Å². The minimum Gasteiger partial charge on any atom is -0.321 e. The number of aryl methyl sites for hydroxylation is 1. The minimum atomic E-state index is -4.81. The van der Waals surface area contributed by atoms with Gasteiger partial charge in [0.25, 0.3) is 5.56 Å². The van der Waals surface area contributed by atoms with Crippen molar-refractivity contribution in [1.29, 1.82) is 0 Å². The summed E-state index contributed by atoms with van der Waals surface area (Å²) >= 11 is 6.23. The molecule has 3 aromatic rings. The lowest BCUT2D eigenvalue weighted by Crippen LogP contribution is -2.28. The van der Waals surface area contributed by atoms with E-state index in [2.05, 4.69) is 15.3 Å². The van der Waals surface area contributed by atoms with Gasteiger partial charge in [0.1, 0.15) is 16.9 Å². The highest BCUT2D eigenvalue weighted by atomic mass is 35.5. The molecule has 1 saturated carbocycles. The van der Waals surface area contributed by atoms with Crippen LogP contribution in [0.25, 0.3) is 22.6 Å². The maximum absolute atomic E-state index is 13.6. The van der Waals surface area contributed by atoms with E-state index in [1.165, 1.54) is 25.5 Å². The highest BCUT2D eigenvalue weighted by molar-refractivity contribution is 7.91. The van der Waals surface area contributed by atoms with E-state index in [-0.39, 0.29) is 62.4 Å². The average molecular weight is 532 g/mol. The molecule has 1 N–H and O–H groups in total. The number of aromatic nitrogens is 4. The molecule has 0 radical (unpaired) electrons. The standard InChI is InChI=1S/C21H21ClF3N5O4S/c1-4-30-14(21(23,24)25)9-12-16(20(30)32)29(3)18(26-12)15-13(35(33,34)5-2)8-11(22)17(27-15)28-19(31)10-6-7-10/h8-10H,4-7H2,1-3H3,(H,27,28,31). The highest BCUT2D eigenvalue weighted by Crippen LogP contribution is 2.36. The number of pyridine rings is 2. The lowest BCUT2D eigenvalue weighted by molar-refractivity contribution is -0.144. The molecular weight excluding hydrogens is 511 g/mol. The second kappa shape index (κ2) is 8.63. The zero-order valence-corrected chi connectivity index (χ0v) is 20.5. The Hall–Kier alpha value is -2.93. The number of anilines is 1. The van der Waals surface area contributed by atoms with E-state index >= 15 is 0 Å². The quantitative estimate of drug-likeness (QED) is 0.519. The van der Waals surface area contributed by atoms with Crippen molar-refractivity contribution in [3.8, 4) is 11.5 Å². The van der Waals surface area contributed by atoms with Gasteiger partial charge in [-0.15, -0.1) is 0 Å². The number of nitrogens with zero attached hydrogens (tertiary/aromatic N) is 4. The van der Waals surface area contributed by atoms with Crippen LogP contribution in [0.3, 0.4) is 0 Å². The summed E-state index contributed by atoms with van der Waals surface area (Å²) in [5, 5.41) is 2.44. The first-order chi connectivity index (χ1) is 16.3. The average Bonchev–Trinajstić information content (AvgIpc) is 3.58. The van der Waals surface area contributed by atoms with Gasteiger partial charge in [-0.3, -0.25) is 9.59 Å². The first-order valence-electron chi connectivity index (χ1n) is 10.7. The Morgan fingerprint density at radius 1 is 1.23 bits per heavy atom. The van der Waals surface area contributed by atoms with Gasteiger partial charge in [0.2, 0.25) is 5.91 Å². The normalized spacial score (nSPS) is 14.5. The van der Waals surface area contributed by atoms with Crippen molar-refractivity contribution < 1.29 is 26.4 Å². The maximum Gasteiger partial charge on any atom is 0.431 e. The maximum atomic E-state index is 13.6. The number of hydrogen-bond donors (Lipinski definition) is 1. The number of amides is 1. The van der Waals surface area contributed by atoms with Gasteiger partial charge in [0.15, 0.2) is 21.5 Å². The van der Waals surface area contributed by atoms with Crippen LogP contribution in [0.1, 0.15) is 32.4 Å². The van der Waals surface area contributed by atoms with Crippen LogP contribution < -0.4 is 10.9 Å². The van der Waals surface area contributed by atoms with Crippen LogP contribution in [0.15, 0.2) is 21.8 Å². The van der Waals surface area contributed by atoms with Crippen molar-refractivity contribution in [2.75, 3.05) is 11.1 Å². The first-order valence-corrected chi connectivity index (χ1v) is 12.7. The number of alkyl halides is 3. The molecular formula is C21H21ClF3N5O4S. The third kappa shape index (κ3) is 4.42. The van der Waals surface area contributed by atoms with E-state index in [0.717, 1.165) is 12.1 Å². The van der Waals surface area contributed by atoms with Crippen LogP contribution in [0.5, 0.6) is 0 Å². The number of imidazole rings is 1. The Morgan fingerprint density at radius 2 is 1.89 bits per heavy atom. The van der Waals surface area contributed by atoms with Crippen molar-refractivity contribution in [3.63, 3.8) is 0 Å². The number of halogens is 4. The fraction of sp³-hybridized carbons (Fsp3) is 0.429. The fourth-order valence-electron chi connectivity index (χ4n) is 3.76. The summed E-state index contributed by atoms with van der Waals surface area (Å²) in [6, 6.07) is 1.86. The Bertz CT molecular complexity index is 1520. The number of carbonyl (C=O) groups excluding carboxylic acids is 1. The van der Waals surface area contributed by atoms with Gasteiger partial charge in [0, 0.05) is 19.5 Å². The molecule has 0 bridgehead atoms. The third-order valence-corrected chi connectivity index (χ3v) is 7.83. The second-order valence-electron chi connectivity index (χ2n) is 8.14. The number of fused-ring (bicyclic) bond motifs is 1. The molecule has 1 aliphatic carbocycles. The predicted molar refractivity (Wildman–Crippen MR) is 123 cm³/mol. The first kappa shape index (κ1) is 25.2. The molecule has 3 aromatic heterocycles. The Kier molecular flexibility index (Phi) is 6.20. The molecule has 0 atom stereocenters. The molecule has 0 saturated heterocycles. The molecule has 14 heteroatoms. The summed E-state index contributed by atoms with van der Waals surface area (Å²) in [5.41, 5.74) is -2.78. The molecule has 0 aromatic carbocycles. The van der Waals surface area contributed by atoms with Crippen LogP contribution in [0.2, 0.25) is 5.02 Å². The largest absolute Gasteiger partial charge is 0.431 e. The van der Waals surface area contributed by atoms with Gasteiger partial charge in [-0.05, 0) is 31.9 Å². The SMILES string of the molecule is CCn1c(C(F)(F)F)cc2nc(-c3nc(NC(=O)C4CC4)c(Cl)cc3S(=O)(=O)CC)n(C)c2c1=O. The summed E-state index contributed by atoms with van der Waals surface area (Å²) in [4.78, 5) is 33.3. The van der Waals surface area contributed by atoms with E-state index in [9.17, 15) is 31.2 Å². The zero-order valence-electron chi connectivity index (χ0n) is 18.9. The van der Waals surface area contributed by atoms with Crippen LogP contribution >= 0.6 is 11.6 Å². The van der Waals surface area contributed by atoms with Gasteiger partial charge < -0.3 is 14.5 Å². The molecule has 0 aliphatic heterocycles. The molecule has 9 nitrogen and oxygen atoms in total. The zero-order chi connectivity index (χ0) is 25.9. The second-order valence-corrected chi connectivity index (χ2v) is 10.8. The molecule has 0 spiro atoms. The van der Waals surface area contributed by atoms with Crippen molar-refractivity contribution in [2.45, 2.75) is 44.3 Å². The smallest absolute Gasteiger partial charge is 0.321 e. The Morgan fingerprint density at radius 3 is 2.43 bits per heavy atom. The molecule has 3 heterocycles. The minimum absolute atomic E-state index is 0.109. The molecule has 4 rings (SSSR count). The summed E-state index contributed by atoms with van der Waals surface area (Å²) in [6.07, 6.45) is -3.40. The number of hydrogen-bond acceptors (Lipinski definition) is 6. The van der Waals surface area contributed by atoms with Crippen LogP contribution in [0, 0.1) is 5.92 Å². The molecule has 188 valence electrons. The monoisotopic (exact) mass is 531 g/mol. The highest BCUT2D eigenvalue weighted by Gasteiger charge is 2.36. The van der Waals surface area contributed by atoms with Crippen molar-refractivity contribution in [2.24, 2.45) is 13.0 Å². The topological polar surface area (TPSA) is 116 Å². The van der Waals surface area contributed by atoms with E-state index in [1.807, 2.05) is 0 Å². The lowest BCUT2D eigenvalue weighted by atomic mass is 10.3. The Balaban J connectivity index is 2.02. The van der Waals surface area contributed by atoms with Gasteiger partial charge >= 0.3 is 6.18 Å². The molecule has 1 amide bonds. The van der Waals surface area contributed by atoms with Crippen molar-refractivity contribution >= 4 is 44.2 Å². The summed E-state index contributed by atoms with van der Waals surface area (Å²) in [6.45, 7) is 2.57. The van der Waals surface area contributed by atoms with Crippen LogP contribution in [0.4, 0.5) is 19.0 Å². The number of nitrogens with one attached hydrogen (secondary N) is 1. The predicted octanol–water partition coefficient (Wildman–Crippen LogP) is 3.63. The van der Waals surface area contributed by atoms with Crippen LogP contribution in [-0.2, 0) is 34.4 Å². The van der Waals surface area contributed by atoms with Crippen molar-refractivity contribution in [1.82, 2.24) is 19.1 Å². The number of carbonyl (C=O) groups is 1. The van der Waals surface area contributed by atoms with Gasteiger partial charge in [0.05, 0.1) is 21.2 Å². The molecule has 0 unspecified atom stereocenters. The van der Waals surface area contributed by atoms with E-state index < -0.39 is 27.3 Å². The van der Waals surface area contributed by atoms with Crippen LogP contribution in [-0.4, -0.2) is 39.2 Å². The molecule has 1 aliphatic rings. The van der Waals surface area contributed by atoms with E-state index in [1.54, 1.807) is 0 Å².